The molecular weight excluding hydrogens is 212 g/mol. The molecule has 1 heterocycles. The lowest BCUT2D eigenvalue weighted by atomic mass is 10.1. The summed E-state index contributed by atoms with van der Waals surface area (Å²) in [7, 11) is 0. The number of halogens is 2. The van der Waals surface area contributed by atoms with Crippen LogP contribution in [0.15, 0.2) is 16.5 Å². The molecule has 4 heteroatoms. The number of nitrogens with two attached hydrogens (primary N) is 1. The van der Waals surface area contributed by atoms with Crippen LogP contribution in [0.3, 0.4) is 0 Å². The quantitative estimate of drug-likeness (QED) is 0.849. The summed E-state index contributed by atoms with van der Waals surface area (Å²) in [4.78, 5) is 0. The van der Waals surface area contributed by atoms with Gasteiger partial charge in [-0.3, -0.25) is 0 Å². The largest absolute Gasteiger partial charge is 0.459 e. The highest BCUT2D eigenvalue weighted by Gasteiger charge is 2.31. The Hall–Kier alpha value is -1.42. The van der Waals surface area contributed by atoms with Crippen LogP contribution in [0.1, 0.15) is 30.1 Å². The molecular formula is C12H11F2NO. The molecule has 0 saturated heterocycles. The second-order valence-corrected chi connectivity index (χ2v) is 4.18. The van der Waals surface area contributed by atoms with Gasteiger partial charge in [-0.1, -0.05) is 0 Å². The number of benzene rings is 1. The van der Waals surface area contributed by atoms with Gasteiger partial charge in [0.2, 0.25) is 0 Å². The fraction of sp³-hybridized carbons (Fsp3) is 0.333. The zero-order valence-corrected chi connectivity index (χ0v) is 8.59. The van der Waals surface area contributed by atoms with Gasteiger partial charge >= 0.3 is 0 Å². The van der Waals surface area contributed by atoms with Crippen LogP contribution >= 0.6 is 0 Å². The molecule has 1 fully saturated rings. The van der Waals surface area contributed by atoms with Crippen LogP contribution < -0.4 is 5.73 Å². The van der Waals surface area contributed by atoms with E-state index in [1.54, 1.807) is 0 Å². The van der Waals surface area contributed by atoms with Gasteiger partial charge in [0.05, 0.1) is 11.9 Å². The first-order valence-corrected chi connectivity index (χ1v) is 5.31. The summed E-state index contributed by atoms with van der Waals surface area (Å²) in [6.07, 6.45) is 2.05. The highest BCUT2D eigenvalue weighted by molar-refractivity contribution is 5.84. The summed E-state index contributed by atoms with van der Waals surface area (Å²) < 4.78 is 32.1. The SMILES string of the molecule is NCc1oc2cc(F)cc(F)c2c1C1CC1. The molecule has 0 spiro atoms. The number of hydrogen-bond donors (Lipinski definition) is 1. The molecule has 0 aliphatic heterocycles. The molecule has 1 aliphatic rings. The molecule has 0 unspecified atom stereocenters. The van der Waals surface area contributed by atoms with Crippen LogP contribution in [-0.4, -0.2) is 0 Å². The third kappa shape index (κ3) is 1.33. The molecule has 2 nitrogen and oxygen atoms in total. The third-order valence-electron chi connectivity index (χ3n) is 2.99. The van der Waals surface area contributed by atoms with Crippen molar-refractivity contribution in [2.24, 2.45) is 5.73 Å². The minimum atomic E-state index is -0.621. The molecule has 1 aromatic carbocycles. The molecule has 84 valence electrons. The molecule has 0 radical (unpaired) electrons. The first-order chi connectivity index (χ1) is 7.70. The van der Waals surface area contributed by atoms with Crippen LogP contribution in [0.2, 0.25) is 0 Å². The van der Waals surface area contributed by atoms with Gasteiger partial charge < -0.3 is 10.2 Å². The average Bonchev–Trinajstić information content (AvgIpc) is 2.99. The summed E-state index contributed by atoms with van der Waals surface area (Å²) in [5, 5.41) is 0.407. The Kier molecular flexibility index (Phi) is 2.01. The van der Waals surface area contributed by atoms with Crippen molar-refractivity contribution in [2.75, 3.05) is 0 Å². The number of furan rings is 1. The van der Waals surface area contributed by atoms with E-state index < -0.39 is 11.6 Å². The van der Waals surface area contributed by atoms with Crippen LogP contribution in [0, 0.1) is 11.6 Å². The van der Waals surface area contributed by atoms with E-state index in [4.69, 9.17) is 10.2 Å². The molecule has 1 aliphatic carbocycles. The lowest BCUT2D eigenvalue weighted by Gasteiger charge is -1.98. The maximum absolute atomic E-state index is 13.7. The normalized spacial score (nSPS) is 15.9. The zero-order chi connectivity index (χ0) is 11.3. The van der Waals surface area contributed by atoms with Crippen molar-refractivity contribution in [3.05, 3.63) is 35.1 Å². The minimum absolute atomic E-state index is 0.224. The van der Waals surface area contributed by atoms with Gasteiger partial charge in [0.1, 0.15) is 23.0 Å². The van der Waals surface area contributed by atoms with Gasteiger partial charge in [-0.15, -0.1) is 0 Å². The smallest absolute Gasteiger partial charge is 0.140 e. The minimum Gasteiger partial charge on any atom is -0.459 e. The van der Waals surface area contributed by atoms with Crippen molar-refractivity contribution < 1.29 is 13.2 Å². The first kappa shape index (κ1) is 9.78. The van der Waals surface area contributed by atoms with E-state index in [1.807, 2.05) is 0 Å². The Morgan fingerprint density at radius 2 is 2.06 bits per heavy atom. The monoisotopic (exact) mass is 223 g/mol. The van der Waals surface area contributed by atoms with Crippen LogP contribution in [0.25, 0.3) is 11.0 Å². The van der Waals surface area contributed by atoms with E-state index in [9.17, 15) is 8.78 Å². The Morgan fingerprint density at radius 3 is 2.69 bits per heavy atom. The second-order valence-electron chi connectivity index (χ2n) is 4.18. The fourth-order valence-corrected chi connectivity index (χ4v) is 2.17. The van der Waals surface area contributed by atoms with Crippen molar-refractivity contribution in [3.8, 4) is 0 Å². The van der Waals surface area contributed by atoms with Crippen molar-refractivity contribution in [1.29, 1.82) is 0 Å². The van der Waals surface area contributed by atoms with E-state index in [1.165, 1.54) is 6.07 Å². The van der Waals surface area contributed by atoms with Gasteiger partial charge in [-0.2, -0.15) is 0 Å². The number of rotatable bonds is 2. The van der Waals surface area contributed by atoms with E-state index in [0.29, 0.717) is 17.1 Å². The Morgan fingerprint density at radius 1 is 1.31 bits per heavy atom. The molecule has 0 bridgehead atoms. The maximum atomic E-state index is 13.7. The number of fused-ring (bicyclic) bond motifs is 1. The predicted octanol–water partition coefficient (Wildman–Crippen LogP) is 3.05. The van der Waals surface area contributed by atoms with E-state index >= 15 is 0 Å². The molecule has 1 aromatic heterocycles. The van der Waals surface area contributed by atoms with Crippen molar-refractivity contribution >= 4 is 11.0 Å². The van der Waals surface area contributed by atoms with Gasteiger partial charge in [-0.05, 0) is 18.8 Å². The highest BCUT2D eigenvalue weighted by atomic mass is 19.1. The van der Waals surface area contributed by atoms with Crippen LogP contribution in [0.4, 0.5) is 8.78 Å². The van der Waals surface area contributed by atoms with Gasteiger partial charge in [0.15, 0.2) is 0 Å². The summed E-state index contributed by atoms with van der Waals surface area (Å²) in [6.45, 7) is 0.224. The molecule has 16 heavy (non-hydrogen) atoms. The molecule has 2 N–H and O–H groups in total. The highest BCUT2D eigenvalue weighted by Crippen LogP contribution is 2.46. The Bertz CT molecular complexity index is 558. The predicted molar refractivity (Wildman–Crippen MR) is 56.0 cm³/mol. The Labute approximate surface area is 91.0 Å². The summed E-state index contributed by atoms with van der Waals surface area (Å²) in [5.74, 6) is -0.258. The Balaban J connectivity index is 2.35. The van der Waals surface area contributed by atoms with Crippen molar-refractivity contribution in [3.63, 3.8) is 0 Å². The summed E-state index contributed by atoms with van der Waals surface area (Å²) >= 11 is 0. The van der Waals surface area contributed by atoms with E-state index in [2.05, 4.69) is 0 Å². The average molecular weight is 223 g/mol. The zero-order valence-electron chi connectivity index (χ0n) is 8.59. The topological polar surface area (TPSA) is 39.2 Å². The van der Waals surface area contributed by atoms with Crippen LogP contribution in [-0.2, 0) is 6.54 Å². The first-order valence-electron chi connectivity index (χ1n) is 5.31. The maximum Gasteiger partial charge on any atom is 0.140 e. The molecule has 1 saturated carbocycles. The van der Waals surface area contributed by atoms with E-state index in [0.717, 1.165) is 24.5 Å². The van der Waals surface area contributed by atoms with Crippen molar-refractivity contribution in [2.45, 2.75) is 25.3 Å². The number of hydrogen-bond acceptors (Lipinski definition) is 2. The molecule has 0 atom stereocenters. The second kappa shape index (κ2) is 3.28. The molecule has 3 rings (SSSR count). The lowest BCUT2D eigenvalue weighted by molar-refractivity contribution is 0.539. The fourth-order valence-electron chi connectivity index (χ4n) is 2.17. The standard InChI is InChI=1S/C12H11F2NO/c13-7-3-8(14)12-9(4-7)16-10(5-15)11(12)6-1-2-6/h3-4,6H,1-2,5,15H2. The van der Waals surface area contributed by atoms with Crippen molar-refractivity contribution in [1.82, 2.24) is 0 Å². The molecule has 0 amide bonds. The third-order valence-corrected chi connectivity index (χ3v) is 2.99. The van der Waals surface area contributed by atoms with Gasteiger partial charge in [-0.25, -0.2) is 8.78 Å². The van der Waals surface area contributed by atoms with Gasteiger partial charge in [0, 0.05) is 17.7 Å². The summed E-state index contributed by atoms with van der Waals surface area (Å²) in [6, 6.07) is 2.10. The van der Waals surface area contributed by atoms with Gasteiger partial charge in [0.25, 0.3) is 0 Å². The molecule has 2 aromatic rings. The lowest BCUT2D eigenvalue weighted by Crippen LogP contribution is -1.97. The van der Waals surface area contributed by atoms with E-state index in [-0.39, 0.29) is 12.1 Å². The van der Waals surface area contributed by atoms with Crippen LogP contribution in [0.5, 0.6) is 0 Å². The summed E-state index contributed by atoms with van der Waals surface area (Å²) in [5.41, 5.74) is 6.66.